The summed E-state index contributed by atoms with van der Waals surface area (Å²) in [4.78, 5) is 0.223. The van der Waals surface area contributed by atoms with Gasteiger partial charge >= 0.3 is 0 Å². The van der Waals surface area contributed by atoms with Crippen LogP contribution in [0.1, 0.15) is 31.2 Å². The van der Waals surface area contributed by atoms with Crippen LogP contribution in [0.4, 0.5) is 0 Å². The fourth-order valence-corrected chi connectivity index (χ4v) is 4.24. The van der Waals surface area contributed by atoms with Crippen molar-refractivity contribution in [1.29, 1.82) is 0 Å². The number of aliphatic hydroxyl groups excluding tert-OH is 1. The third-order valence-electron chi connectivity index (χ3n) is 3.76. The van der Waals surface area contributed by atoms with Gasteiger partial charge in [-0.05, 0) is 49.8 Å². The van der Waals surface area contributed by atoms with Gasteiger partial charge in [-0.1, -0.05) is 24.1 Å². The van der Waals surface area contributed by atoms with Crippen LogP contribution < -0.4 is 4.72 Å². The van der Waals surface area contributed by atoms with E-state index in [2.05, 4.69) is 4.72 Å². The normalized spacial score (nSPS) is 23.8. The van der Waals surface area contributed by atoms with E-state index < -0.39 is 10.0 Å². The molecule has 4 nitrogen and oxygen atoms in total. The van der Waals surface area contributed by atoms with Gasteiger partial charge < -0.3 is 5.11 Å². The molecule has 112 valence electrons. The molecule has 0 aliphatic heterocycles. The Balaban J connectivity index is 2.05. The summed E-state index contributed by atoms with van der Waals surface area (Å²) in [5.41, 5.74) is 0.672. The van der Waals surface area contributed by atoms with Gasteiger partial charge in [0, 0.05) is 11.6 Å². The first-order valence-electron chi connectivity index (χ1n) is 6.82. The second-order valence-electron chi connectivity index (χ2n) is 5.45. The number of sulfonamides is 1. The Morgan fingerprint density at radius 3 is 2.85 bits per heavy atom. The summed E-state index contributed by atoms with van der Waals surface area (Å²) in [5, 5.41) is 10.0. The van der Waals surface area contributed by atoms with Crippen LogP contribution in [0.15, 0.2) is 23.1 Å². The van der Waals surface area contributed by atoms with Crippen molar-refractivity contribution in [2.75, 3.05) is 6.54 Å². The summed E-state index contributed by atoms with van der Waals surface area (Å²) >= 11 is 5.87. The van der Waals surface area contributed by atoms with E-state index in [4.69, 9.17) is 11.6 Å². The van der Waals surface area contributed by atoms with Crippen molar-refractivity contribution in [3.8, 4) is 0 Å². The molecule has 0 spiro atoms. The minimum absolute atomic E-state index is 0.202. The summed E-state index contributed by atoms with van der Waals surface area (Å²) in [5.74, 6) is 0.202. The molecule has 0 saturated heterocycles. The van der Waals surface area contributed by atoms with E-state index in [0.717, 1.165) is 19.3 Å². The van der Waals surface area contributed by atoms with Crippen LogP contribution in [0.25, 0.3) is 0 Å². The first-order chi connectivity index (χ1) is 9.38. The Hall–Kier alpha value is -0.620. The molecule has 0 amide bonds. The molecular formula is C14H20ClNO3S. The van der Waals surface area contributed by atoms with Gasteiger partial charge in [0.05, 0.1) is 11.0 Å². The van der Waals surface area contributed by atoms with Gasteiger partial charge in [-0.25, -0.2) is 13.1 Å². The quantitative estimate of drug-likeness (QED) is 0.896. The molecule has 0 heterocycles. The highest BCUT2D eigenvalue weighted by molar-refractivity contribution is 7.89. The highest BCUT2D eigenvalue weighted by atomic mass is 35.5. The predicted octanol–water partition coefficient (Wildman–Crippen LogP) is 2.48. The van der Waals surface area contributed by atoms with Gasteiger partial charge in [0.15, 0.2) is 0 Å². The zero-order chi connectivity index (χ0) is 14.8. The third-order valence-corrected chi connectivity index (χ3v) is 5.56. The number of nitrogens with one attached hydrogen (secondary N) is 1. The number of rotatable bonds is 4. The molecular weight excluding hydrogens is 298 g/mol. The molecule has 1 saturated carbocycles. The molecule has 2 atom stereocenters. The topological polar surface area (TPSA) is 66.4 Å². The summed E-state index contributed by atoms with van der Waals surface area (Å²) < 4.78 is 27.2. The maximum Gasteiger partial charge on any atom is 0.240 e. The van der Waals surface area contributed by atoms with E-state index >= 15 is 0 Å². The van der Waals surface area contributed by atoms with Crippen LogP contribution in [0.3, 0.4) is 0 Å². The van der Waals surface area contributed by atoms with Crippen molar-refractivity contribution in [2.24, 2.45) is 5.92 Å². The van der Waals surface area contributed by atoms with Gasteiger partial charge in [-0.2, -0.15) is 0 Å². The Bertz CT molecular complexity index is 574. The lowest BCUT2D eigenvalue weighted by molar-refractivity contribution is 0.102. The van der Waals surface area contributed by atoms with Crippen molar-refractivity contribution >= 4 is 21.6 Å². The van der Waals surface area contributed by atoms with Crippen LogP contribution >= 0.6 is 11.6 Å². The first-order valence-corrected chi connectivity index (χ1v) is 8.68. The minimum Gasteiger partial charge on any atom is -0.393 e. The largest absolute Gasteiger partial charge is 0.393 e. The highest BCUT2D eigenvalue weighted by Gasteiger charge is 2.23. The number of aliphatic hydroxyl groups is 1. The van der Waals surface area contributed by atoms with Gasteiger partial charge in [-0.15, -0.1) is 0 Å². The van der Waals surface area contributed by atoms with E-state index in [1.54, 1.807) is 19.1 Å². The Labute approximate surface area is 125 Å². The summed E-state index contributed by atoms with van der Waals surface area (Å²) in [6, 6.07) is 4.84. The Morgan fingerprint density at radius 1 is 1.40 bits per heavy atom. The van der Waals surface area contributed by atoms with Crippen molar-refractivity contribution in [3.05, 3.63) is 28.8 Å². The molecule has 2 rings (SSSR count). The lowest BCUT2D eigenvalue weighted by atomic mass is 9.87. The van der Waals surface area contributed by atoms with E-state index in [1.165, 1.54) is 6.07 Å². The highest BCUT2D eigenvalue weighted by Crippen LogP contribution is 2.25. The van der Waals surface area contributed by atoms with Gasteiger partial charge in [-0.3, -0.25) is 0 Å². The predicted molar refractivity (Wildman–Crippen MR) is 79.3 cm³/mol. The van der Waals surface area contributed by atoms with Crippen LogP contribution in [-0.2, 0) is 10.0 Å². The van der Waals surface area contributed by atoms with Crippen LogP contribution in [0.5, 0.6) is 0 Å². The molecule has 2 N–H and O–H groups in total. The second-order valence-corrected chi connectivity index (χ2v) is 7.62. The number of benzene rings is 1. The van der Waals surface area contributed by atoms with Gasteiger partial charge in [0.2, 0.25) is 10.0 Å². The zero-order valence-electron chi connectivity index (χ0n) is 11.5. The summed E-state index contributed by atoms with van der Waals surface area (Å²) in [6.07, 6.45) is 3.08. The Morgan fingerprint density at radius 2 is 2.15 bits per heavy atom. The molecule has 0 aromatic heterocycles. The minimum atomic E-state index is -3.55. The molecule has 0 bridgehead atoms. The third kappa shape index (κ3) is 3.95. The van der Waals surface area contributed by atoms with Crippen LogP contribution in [0, 0.1) is 12.8 Å². The summed E-state index contributed by atoms with van der Waals surface area (Å²) in [7, 11) is -3.55. The smallest absolute Gasteiger partial charge is 0.240 e. The van der Waals surface area contributed by atoms with E-state index in [0.29, 0.717) is 23.6 Å². The lowest BCUT2D eigenvalue weighted by Crippen LogP contribution is -2.33. The fourth-order valence-electron chi connectivity index (χ4n) is 2.62. The molecule has 2 unspecified atom stereocenters. The molecule has 6 heteroatoms. The molecule has 20 heavy (non-hydrogen) atoms. The summed E-state index contributed by atoms with van der Waals surface area (Å²) in [6.45, 7) is 2.11. The van der Waals surface area contributed by atoms with E-state index in [9.17, 15) is 13.5 Å². The monoisotopic (exact) mass is 317 g/mol. The van der Waals surface area contributed by atoms with Crippen molar-refractivity contribution in [3.63, 3.8) is 0 Å². The molecule has 1 aromatic rings. The van der Waals surface area contributed by atoms with Gasteiger partial charge in [0.1, 0.15) is 0 Å². The first kappa shape index (κ1) is 15.8. The molecule has 0 radical (unpaired) electrons. The molecule has 1 aliphatic rings. The standard InChI is InChI=1S/C14H20ClNO3S/c1-10-5-6-12(15)8-14(10)20(18,19)16-9-11-3-2-4-13(17)7-11/h5-6,8,11,13,16-17H,2-4,7,9H2,1H3. The number of hydrogen-bond acceptors (Lipinski definition) is 3. The van der Waals surface area contributed by atoms with Gasteiger partial charge in [0.25, 0.3) is 0 Å². The van der Waals surface area contributed by atoms with Crippen LogP contribution in [-0.4, -0.2) is 26.2 Å². The molecule has 1 fully saturated rings. The van der Waals surface area contributed by atoms with E-state index in [-0.39, 0.29) is 16.9 Å². The number of halogens is 1. The molecule has 1 aromatic carbocycles. The van der Waals surface area contributed by atoms with Crippen molar-refractivity contribution < 1.29 is 13.5 Å². The number of hydrogen-bond donors (Lipinski definition) is 2. The maximum absolute atomic E-state index is 12.3. The maximum atomic E-state index is 12.3. The second kappa shape index (κ2) is 6.43. The fraction of sp³-hybridized carbons (Fsp3) is 0.571. The Kier molecular flexibility index (Phi) is 5.07. The average molecular weight is 318 g/mol. The lowest BCUT2D eigenvalue weighted by Gasteiger charge is -2.26. The SMILES string of the molecule is Cc1ccc(Cl)cc1S(=O)(=O)NCC1CCCC(O)C1. The molecule has 1 aliphatic carbocycles. The van der Waals surface area contributed by atoms with E-state index in [1.807, 2.05) is 0 Å². The zero-order valence-corrected chi connectivity index (χ0v) is 13.0. The average Bonchev–Trinajstić information content (AvgIpc) is 2.39. The van der Waals surface area contributed by atoms with Crippen LogP contribution in [0.2, 0.25) is 5.02 Å². The van der Waals surface area contributed by atoms with Crippen molar-refractivity contribution in [1.82, 2.24) is 4.72 Å². The van der Waals surface area contributed by atoms with Crippen molar-refractivity contribution in [2.45, 2.75) is 43.6 Å². The number of aryl methyl sites for hydroxylation is 1.